The van der Waals surface area contributed by atoms with Crippen LogP contribution < -0.4 is 5.32 Å². The van der Waals surface area contributed by atoms with Crippen molar-refractivity contribution >= 4 is 0 Å². The number of hydrogen-bond donors (Lipinski definition) is 1. The van der Waals surface area contributed by atoms with E-state index in [1.165, 1.54) is 12.0 Å². The Bertz CT molecular complexity index is 350. The van der Waals surface area contributed by atoms with Gasteiger partial charge in [-0.2, -0.15) is 0 Å². The summed E-state index contributed by atoms with van der Waals surface area (Å²) in [6, 6.07) is 11.5. The minimum Gasteiger partial charge on any atom is -0.382 e. The van der Waals surface area contributed by atoms with Crippen LogP contribution in [0.25, 0.3) is 0 Å². The first-order valence-electron chi connectivity index (χ1n) is 8.01. The summed E-state index contributed by atoms with van der Waals surface area (Å²) in [4.78, 5) is 0. The highest BCUT2D eigenvalue weighted by Gasteiger charge is 2.29. The van der Waals surface area contributed by atoms with Crippen molar-refractivity contribution in [1.29, 1.82) is 0 Å². The molecule has 0 amide bonds. The van der Waals surface area contributed by atoms with Crippen LogP contribution in [0.3, 0.4) is 0 Å². The van der Waals surface area contributed by atoms with Crippen molar-refractivity contribution in [3.05, 3.63) is 35.9 Å². The Morgan fingerprint density at radius 1 is 1.15 bits per heavy atom. The van der Waals surface area contributed by atoms with E-state index in [4.69, 9.17) is 4.74 Å². The second kappa shape index (κ2) is 9.15. The van der Waals surface area contributed by atoms with Crippen molar-refractivity contribution in [3.8, 4) is 0 Å². The van der Waals surface area contributed by atoms with Gasteiger partial charge in [-0.1, -0.05) is 51.1 Å². The zero-order valence-electron chi connectivity index (χ0n) is 13.6. The van der Waals surface area contributed by atoms with E-state index in [0.29, 0.717) is 6.04 Å². The highest BCUT2D eigenvalue weighted by Crippen LogP contribution is 2.32. The van der Waals surface area contributed by atoms with Gasteiger partial charge in [0.1, 0.15) is 0 Å². The number of ether oxygens (including phenoxy) is 1. The molecule has 0 fully saturated rings. The summed E-state index contributed by atoms with van der Waals surface area (Å²) in [6.07, 6.45) is 3.45. The lowest BCUT2D eigenvalue weighted by molar-refractivity contribution is 0.135. The third-order valence-electron chi connectivity index (χ3n) is 4.06. The Labute approximate surface area is 124 Å². The van der Waals surface area contributed by atoms with Crippen LogP contribution in [-0.2, 0) is 10.2 Å². The van der Waals surface area contributed by atoms with Crippen LogP contribution >= 0.6 is 0 Å². The van der Waals surface area contributed by atoms with Gasteiger partial charge in [-0.25, -0.2) is 0 Å². The van der Waals surface area contributed by atoms with Crippen molar-refractivity contribution in [1.82, 2.24) is 5.32 Å². The first-order chi connectivity index (χ1) is 9.64. The lowest BCUT2D eigenvalue weighted by atomic mass is 9.74. The van der Waals surface area contributed by atoms with Crippen LogP contribution in [-0.4, -0.2) is 25.8 Å². The quantitative estimate of drug-likeness (QED) is 0.649. The molecule has 2 nitrogen and oxygen atoms in total. The van der Waals surface area contributed by atoms with Gasteiger partial charge >= 0.3 is 0 Å². The molecule has 0 aliphatic carbocycles. The van der Waals surface area contributed by atoms with Crippen molar-refractivity contribution < 1.29 is 4.74 Å². The fourth-order valence-corrected chi connectivity index (χ4v) is 2.69. The SMILES string of the molecule is CCOCCCC(CC)(CNC(C)C)c1ccccc1. The number of nitrogens with one attached hydrogen (secondary N) is 1. The molecule has 1 N–H and O–H groups in total. The molecular formula is C18H31NO. The Morgan fingerprint density at radius 3 is 2.40 bits per heavy atom. The predicted molar refractivity (Wildman–Crippen MR) is 87.3 cm³/mol. The Balaban J connectivity index is 2.79. The first-order valence-corrected chi connectivity index (χ1v) is 8.01. The third-order valence-corrected chi connectivity index (χ3v) is 4.06. The van der Waals surface area contributed by atoms with Gasteiger partial charge in [0.2, 0.25) is 0 Å². The van der Waals surface area contributed by atoms with Crippen molar-refractivity contribution in [3.63, 3.8) is 0 Å². The van der Waals surface area contributed by atoms with E-state index in [9.17, 15) is 0 Å². The Hall–Kier alpha value is -0.860. The van der Waals surface area contributed by atoms with Gasteiger partial charge < -0.3 is 10.1 Å². The summed E-state index contributed by atoms with van der Waals surface area (Å²) < 4.78 is 5.51. The molecule has 1 aromatic rings. The zero-order chi connectivity index (χ0) is 14.8. The van der Waals surface area contributed by atoms with E-state index < -0.39 is 0 Å². The van der Waals surface area contributed by atoms with E-state index in [0.717, 1.165) is 32.6 Å². The van der Waals surface area contributed by atoms with E-state index in [1.807, 2.05) is 0 Å². The summed E-state index contributed by atoms with van der Waals surface area (Å²) in [7, 11) is 0. The number of benzene rings is 1. The molecule has 1 unspecified atom stereocenters. The normalized spacial score (nSPS) is 14.4. The summed E-state index contributed by atoms with van der Waals surface area (Å²) >= 11 is 0. The smallest absolute Gasteiger partial charge is 0.0466 e. The molecule has 2 heteroatoms. The zero-order valence-corrected chi connectivity index (χ0v) is 13.6. The molecule has 1 rings (SSSR count). The molecule has 0 aliphatic rings. The maximum absolute atomic E-state index is 5.51. The van der Waals surface area contributed by atoms with Gasteiger partial charge in [0.15, 0.2) is 0 Å². The molecule has 0 saturated carbocycles. The largest absolute Gasteiger partial charge is 0.382 e. The van der Waals surface area contributed by atoms with Crippen LogP contribution in [0, 0.1) is 0 Å². The average molecular weight is 277 g/mol. The molecule has 114 valence electrons. The number of rotatable bonds is 10. The second-order valence-corrected chi connectivity index (χ2v) is 5.84. The van der Waals surface area contributed by atoms with Gasteiger partial charge in [0.05, 0.1) is 0 Å². The van der Waals surface area contributed by atoms with Crippen molar-refractivity contribution in [2.45, 2.75) is 58.4 Å². The van der Waals surface area contributed by atoms with Crippen molar-refractivity contribution in [2.24, 2.45) is 0 Å². The number of hydrogen-bond acceptors (Lipinski definition) is 2. The first kappa shape index (κ1) is 17.2. The van der Waals surface area contributed by atoms with Gasteiger partial charge in [0.25, 0.3) is 0 Å². The van der Waals surface area contributed by atoms with E-state index in [2.05, 4.69) is 63.3 Å². The summed E-state index contributed by atoms with van der Waals surface area (Å²) in [5.74, 6) is 0. The maximum atomic E-state index is 5.51. The third kappa shape index (κ3) is 5.26. The minimum atomic E-state index is 0.225. The maximum Gasteiger partial charge on any atom is 0.0466 e. The van der Waals surface area contributed by atoms with Gasteiger partial charge in [-0.3, -0.25) is 0 Å². The topological polar surface area (TPSA) is 21.3 Å². The predicted octanol–water partition coefficient (Wildman–Crippen LogP) is 4.15. The molecule has 1 aromatic carbocycles. The lowest BCUT2D eigenvalue weighted by Gasteiger charge is -2.35. The monoisotopic (exact) mass is 277 g/mol. The summed E-state index contributed by atoms with van der Waals surface area (Å²) in [5.41, 5.74) is 1.68. The lowest BCUT2D eigenvalue weighted by Crippen LogP contribution is -2.40. The average Bonchev–Trinajstić information content (AvgIpc) is 2.48. The molecule has 0 radical (unpaired) electrons. The minimum absolute atomic E-state index is 0.225. The summed E-state index contributed by atoms with van der Waals surface area (Å²) in [5, 5.41) is 3.64. The molecule has 20 heavy (non-hydrogen) atoms. The van der Waals surface area contributed by atoms with Gasteiger partial charge in [-0.15, -0.1) is 0 Å². The highest BCUT2D eigenvalue weighted by atomic mass is 16.5. The van der Waals surface area contributed by atoms with Gasteiger partial charge in [0, 0.05) is 31.2 Å². The fourth-order valence-electron chi connectivity index (χ4n) is 2.69. The highest BCUT2D eigenvalue weighted by molar-refractivity contribution is 5.26. The molecule has 0 spiro atoms. The van der Waals surface area contributed by atoms with Crippen LogP contribution in [0.15, 0.2) is 30.3 Å². The van der Waals surface area contributed by atoms with E-state index >= 15 is 0 Å². The molecule has 0 saturated heterocycles. The van der Waals surface area contributed by atoms with Crippen LogP contribution in [0.4, 0.5) is 0 Å². The molecular weight excluding hydrogens is 246 g/mol. The molecule has 1 atom stereocenters. The molecule has 0 aromatic heterocycles. The van der Waals surface area contributed by atoms with E-state index in [1.54, 1.807) is 0 Å². The Morgan fingerprint density at radius 2 is 1.85 bits per heavy atom. The Kier molecular flexibility index (Phi) is 7.86. The standard InChI is InChI=1S/C18H31NO/c1-5-18(15-19-16(3)4,13-10-14-20-6-2)17-11-8-7-9-12-17/h7-9,11-12,16,19H,5-6,10,13-15H2,1-4H3. The molecule has 0 bridgehead atoms. The van der Waals surface area contributed by atoms with Crippen molar-refractivity contribution in [2.75, 3.05) is 19.8 Å². The van der Waals surface area contributed by atoms with Crippen LogP contribution in [0.1, 0.15) is 52.5 Å². The van der Waals surface area contributed by atoms with E-state index in [-0.39, 0.29) is 5.41 Å². The molecule has 0 aliphatic heterocycles. The van der Waals surface area contributed by atoms with Crippen LogP contribution in [0.5, 0.6) is 0 Å². The second-order valence-electron chi connectivity index (χ2n) is 5.84. The fraction of sp³-hybridized carbons (Fsp3) is 0.667. The van der Waals surface area contributed by atoms with Crippen LogP contribution in [0.2, 0.25) is 0 Å². The van der Waals surface area contributed by atoms with Gasteiger partial charge in [-0.05, 0) is 31.7 Å². The molecule has 0 heterocycles. The summed E-state index contributed by atoms with van der Waals surface area (Å²) in [6.45, 7) is 11.5.